The smallest absolute Gasteiger partial charge is 0.310 e. The molecule has 1 rings (SSSR count). The van der Waals surface area contributed by atoms with E-state index in [0.717, 1.165) is 0 Å². The van der Waals surface area contributed by atoms with Gasteiger partial charge in [-0.25, -0.2) is 4.39 Å². The number of esters is 1. The third-order valence-electron chi connectivity index (χ3n) is 1.85. The minimum atomic E-state index is -0.612. The average Bonchev–Trinajstić information content (AvgIpc) is 2.18. The van der Waals surface area contributed by atoms with Crippen molar-refractivity contribution in [2.45, 2.75) is 13.3 Å². The highest BCUT2D eigenvalue weighted by molar-refractivity contribution is 5.73. The number of nitriles is 1. The number of nitrogens with zero attached hydrogens (tertiary/aromatic N) is 1. The highest BCUT2D eigenvalue weighted by Crippen LogP contribution is 2.13. The zero-order chi connectivity index (χ0) is 11.3. The van der Waals surface area contributed by atoms with Gasteiger partial charge in [0.1, 0.15) is 11.9 Å². The molecule has 0 saturated heterocycles. The van der Waals surface area contributed by atoms with E-state index in [4.69, 9.17) is 10.00 Å². The molecule has 0 aliphatic rings. The van der Waals surface area contributed by atoms with Crippen LogP contribution in [-0.2, 0) is 16.0 Å². The number of rotatable bonds is 3. The second-order valence-electron chi connectivity index (χ2n) is 2.87. The maximum Gasteiger partial charge on any atom is 0.310 e. The summed E-state index contributed by atoms with van der Waals surface area (Å²) in [6.07, 6.45) is -0.0749. The van der Waals surface area contributed by atoms with Crippen LogP contribution in [0.2, 0.25) is 0 Å². The number of carbonyl (C=O) groups excluding carboxylic acids is 1. The Morgan fingerprint density at radius 3 is 2.93 bits per heavy atom. The standard InChI is InChI=1S/C11H10FNO2/c1-2-15-11(14)6-8-4-3-5-10(12)9(8)7-13/h3-5H,2,6H2,1H3. The molecule has 3 nitrogen and oxygen atoms in total. The zero-order valence-corrected chi connectivity index (χ0v) is 8.29. The molecule has 78 valence electrons. The fourth-order valence-electron chi connectivity index (χ4n) is 1.21. The largest absolute Gasteiger partial charge is 0.466 e. The fourth-order valence-corrected chi connectivity index (χ4v) is 1.21. The Labute approximate surface area is 87.1 Å². The number of carbonyl (C=O) groups is 1. The van der Waals surface area contributed by atoms with E-state index in [1.165, 1.54) is 12.1 Å². The molecule has 0 N–H and O–H groups in total. The lowest BCUT2D eigenvalue weighted by atomic mass is 10.1. The number of benzene rings is 1. The monoisotopic (exact) mass is 207 g/mol. The van der Waals surface area contributed by atoms with Gasteiger partial charge >= 0.3 is 5.97 Å². The molecular formula is C11H10FNO2. The molecule has 0 heterocycles. The van der Waals surface area contributed by atoms with E-state index < -0.39 is 11.8 Å². The van der Waals surface area contributed by atoms with Crippen LogP contribution in [0.3, 0.4) is 0 Å². The van der Waals surface area contributed by atoms with Crippen molar-refractivity contribution in [3.63, 3.8) is 0 Å². The van der Waals surface area contributed by atoms with Crippen molar-refractivity contribution in [2.24, 2.45) is 0 Å². The van der Waals surface area contributed by atoms with E-state index in [9.17, 15) is 9.18 Å². The normalized spacial score (nSPS) is 9.40. The van der Waals surface area contributed by atoms with Crippen molar-refractivity contribution in [3.05, 3.63) is 35.1 Å². The van der Waals surface area contributed by atoms with Gasteiger partial charge in [-0.2, -0.15) is 5.26 Å². The van der Waals surface area contributed by atoms with Gasteiger partial charge in [0.2, 0.25) is 0 Å². The van der Waals surface area contributed by atoms with Gasteiger partial charge < -0.3 is 4.74 Å². The number of halogens is 1. The summed E-state index contributed by atoms with van der Waals surface area (Å²) in [5.41, 5.74) is 0.265. The van der Waals surface area contributed by atoms with Crippen LogP contribution in [0, 0.1) is 17.1 Å². The van der Waals surface area contributed by atoms with Crippen molar-refractivity contribution < 1.29 is 13.9 Å². The molecule has 0 amide bonds. The van der Waals surface area contributed by atoms with Crippen LogP contribution in [-0.4, -0.2) is 12.6 Å². The van der Waals surface area contributed by atoms with Gasteiger partial charge in [-0.1, -0.05) is 12.1 Å². The first-order chi connectivity index (χ1) is 7.19. The minimum Gasteiger partial charge on any atom is -0.466 e. The summed E-state index contributed by atoms with van der Waals surface area (Å²) in [4.78, 5) is 11.1. The van der Waals surface area contributed by atoms with Crippen molar-refractivity contribution >= 4 is 5.97 Å². The Hall–Kier alpha value is -1.89. The van der Waals surface area contributed by atoms with Crippen LogP contribution >= 0.6 is 0 Å². The maximum absolute atomic E-state index is 13.1. The van der Waals surface area contributed by atoms with Crippen LogP contribution in [0.5, 0.6) is 0 Å². The molecule has 0 aliphatic carbocycles. The summed E-state index contributed by atoms with van der Waals surface area (Å²) in [7, 11) is 0. The molecule has 4 heteroatoms. The third kappa shape index (κ3) is 2.78. The lowest BCUT2D eigenvalue weighted by molar-refractivity contribution is -0.142. The van der Waals surface area contributed by atoms with Crippen LogP contribution in [0.1, 0.15) is 18.1 Å². The molecular weight excluding hydrogens is 197 g/mol. The average molecular weight is 207 g/mol. The molecule has 0 aliphatic heterocycles. The zero-order valence-electron chi connectivity index (χ0n) is 8.29. The molecule has 0 atom stereocenters. The molecule has 0 radical (unpaired) electrons. The number of hydrogen-bond donors (Lipinski definition) is 0. The second-order valence-corrected chi connectivity index (χ2v) is 2.87. The van der Waals surface area contributed by atoms with Gasteiger partial charge in [-0.15, -0.1) is 0 Å². The quantitative estimate of drug-likeness (QED) is 0.710. The molecule has 0 aromatic heterocycles. The highest BCUT2D eigenvalue weighted by atomic mass is 19.1. The van der Waals surface area contributed by atoms with Crippen LogP contribution in [0.15, 0.2) is 18.2 Å². The molecule has 0 spiro atoms. The summed E-state index contributed by atoms with van der Waals surface area (Å²) >= 11 is 0. The van der Waals surface area contributed by atoms with E-state index in [1.54, 1.807) is 19.1 Å². The number of ether oxygens (including phenoxy) is 1. The Balaban J connectivity index is 2.91. The summed E-state index contributed by atoms with van der Waals surface area (Å²) < 4.78 is 17.8. The summed E-state index contributed by atoms with van der Waals surface area (Å²) in [5, 5.41) is 8.70. The molecule has 1 aromatic carbocycles. The topological polar surface area (TPSA) is 50.1 Å². The second kappa shape index (κ2) is 5.11. The van der Waals surface area contributed by atoms with Crippen LogP contribution in [0.4, 0.5) is 4.39 Å². The van der Waals surface area contributed by atoms with E-state index in [2.05, 4.69) is 0 Å². The van der Waals surface area contributed by atoms with E-state index in [0.29, 0.717) is 5.56 Å². The first-order valence-electron chi connectivity index (χ1n) is 4.52. The maximum atomic E-state index is 13.1. The van der Waals surface area contributed by atoms with Crippen molar-refractivity contribution in [1.82, 2.24) is 0 Å². The first-order valence-corrected chi connectivity index (χ1v) is 4.52. The molecule has 15 heavy (non-hydrogen) atoms. The third-order valence-corrected chi connectivity index (χ3v) is 1.85. The van der Waals surface area contributed by atoms with Gasteiger partial charge in [0.25, 0.3) is 0 Å². The number of hydrogen-bond acceptors (Lipinski definition) is 3. The summed E-state index contributed by atoms with van der Waals surface area (Å²) in [6, 6.07) is 5.92. The molecule has 0 saturated carbocycles. The Kier molecular flexibility index (Phi) is 3.81. The lowest BCUT2D eigenvalue weighted by Gasteiger charge is -2.04. The molecule has 0 bridgehead atoms. The predicted molar refractivity (Wildman–Crippen MR) is 51.5 cm³/mol. The fraction of sp³-hybridized carbons (Fsp3) is 0.273. The lowest BCUT2D eigenvalue weighted by Crippen LogP contribution is -2.09. The SMILES string of the molecule is CCOC(=O)Cc1cccc(F)c1C#N. The molecule has 0 unspecified atom stereocenters. The van der Waals surface area contributed by atoms with Gasteiger partial charge in [0.05, 0.1) is 18.6 Å². The van der Waals surface area contributed by atoms with Crippen molar-refractivity contribution in [1.29, 1.82) is 5.26 Å². The van der Waals surface area contributed by atoms with Gasteiger partial charge in [-0.05, 0) is 18.6 Å². The van der Waals surface area contributed by atoms with E-state index in [1.807, 2.05) is 0 Å². The van der Waals surface area contributed by atoms with Crippen LogP contribution in [0.25, 0.3) is 0 Å². The Bertz CT molecular complexity index is 410. The van der Waals surface area contributed by atoms with Gasteiger partial charge in [0, 0.05) is 0 Å². The summed E-state index contributed by atoms with van der Waals surface area (Å²) in [5.74, 6) is -1.07. The van der Waals surface area contributed by atoms with E-state index >= 15 is 0 Å². The van der Waals surface area contributed by atoms with Crippen LogP contribution < -0.4 is 0 Å². The highest BCUT2D eigenvalue weighted by Gasteiger charge is 2.11. The predicted octanol–water partition coefficient (Wildman–Crippen LogP) is 1.80. The minimum absolute atomic E-state index is 0.0749. The van der Waals surface area contributed by atoms with E-state index in [-0.39, 0.29) is 18.6 Å². The first kappa shape index (κ1) is 11.2. The van der Waals surface area contributed by atoms with Crippen molar-refractivity contribution in [3.8, 4) is 6.07 Å². The molecule has 1 aromatic rings. The van der Waals surface area contributed by atoms with Gasteiger partial charge in [-0.3, -0.25) is 4.79 Å². The Morgan fingerprint density at radius 2 is 2.33 bits per heavy atom. The van der Waals surface area contributed by atoms with Gasteiger partial charge in [0.15, 0.2) is 0 Å². The Morgan fingerprint density at radius 1 is 1.60 bits per heavy atom. The summed E-state index contributed by atoms with van der Waals surface area (Å²) in [6.45, 7) is 1.96. The van der Waals surface area contributed by atoms with Crippen molar-refractivity contribution in [2.75, 3.05) is 6.61 Å². The molecule has 0 fully saturated rings.